The van der Waals surface area contributed by atoms with Gasteiger partial charge in [-0.15, -0.1) is 0 Å². The van der Waals surface area contributed by atoms with Gasteiger partial charge < -0.3 is 0 Å². The molecule has 0 radical (unpaired) electrons. The van der Waals surface area contributed by atoms with Crippen molar-refractivity contribution in [2.45, 2.75) is 6.92 Å². The van der Waals surface area contributed by atoms with Gasteiger partial charge in [-0.25, -0.2) is 9.97 Å². The first-order valence-electron chi connectivity index (χ1n) is 5.95. The molecule has 0 spiro atoms. The summed E-state index contributed by atoms with van der Waals surface area (Å²) in [4.78, 5) is 9.21. The molecule has 2 heterocycles. The zero-order valence-electron chi connectivity index (χ0n) is 9.96. The number of fused-ring (bicyclic) bond motifs is 5. The number of aromatic nitrogens is 3. The summed E-state index contributed by atoms with van der Waals surface area (Å²) in [5, 5.41) is 1.10. The molecule has 0 bridgehead atoms. The second-order valence-corrected chi connectivity index (χ2v) is 4.56. The number of aryl methyl sites for hydroxylation is 1. The molecular formula is C15H11N3. The van der Waals surface area contributed by atoms with Crippen LogP contribution in [0.3, 0.4) is 0 Å². The van der Waals surface area contributed by atoms with Crippen molar-refractivity contribution in [2.24, 2.45) is 0 Å². The van der Waals surface area contributed by atoms with Gasteiger partial charge in [-0.1, -0.05) is 18.2 Å². The van der Waals surface area contributed by atoms with Crippen LogP contribution in [0.1, 0.15) is 5.56 Å². The molecule has 86 valence electrons. The van der Waals surface area contributed by atoms with Crippen LogP contribution in [0.5, 0.6) is 0 Å². The molecule has 0 saturated carbocycles. The van der Waals surface area contributed by atoms with E-state index in [2.05, 4.69) is 36.2 Å². The van der Waals surface area contributed by atoms with Crippen LogP contribution >= 0.6 is 0 Å². The molecular weight excluding hydrogens is 222 g/mol. The smallest absolute Gasteiger partial charge is 0.148 e. The van der Waals surface area contributed by atoms with Gasteiger partial charge in [-0.2, -0.15) is 0 Å². The number of hydrogen-bond acceptors (Lipinski definition) is 2. The fourth-order valence-corrected chi connectivity index (χ4v) is 2.41. The van der Waals surface area contributed by atoms with Gasteiger partial charge in [0.25, 0.3) is 0 Å². The number of hydrogen-bond donors (Lipinski definition) is 0. The lowest BCUT2D eigenvalue weighted by molar-refractivity contribution is 1.15. The van der Waals surface area contributed by atoms with Crippen molar-refractivity contribution in [3.05, 3.63) is 54.4 Å². The largest absolute Gasteiger partial charge is 0.282 e. The van der Waals surface area contributed by atoms with Crippen LogP contribution in [-0.4, -0.2) is 14.4 Å². The Morgan fingerprint density at radius 3 is 2.83 bits per heavy atom. The highest BCUT2D eigenvalue weighted by Gasteiger charge is 2.07. The molecule has 4 aromatic rings. The molecule has 2 aromatic carbocycles. The predicted octanol–water partition coefficient (Wildman–Crippen LogP) is 3.34. The molecule has 0 aliphatic rings. The summed E-state index contributed by atoms with van der Waals surface area (Å²) in [6.07, 6.45) is 1.85. The summed E-state index contributed by atoms with van der Waals surface area (Å²) in [5.74, 6) is 0. The van der Waals surface area contributed by atoms with Crippen LogP contribution in [0.25, 0.3) is 27.6 Å². The molecule has 0 aliphatic heterocycles. The van der Waals surface area contributed by atoms with Gasteiger partial charge in [0.2, 0.25) is 0 Å². The maximum absolute atomic E-state index is 4.70. The standard InChI is InChI=1S/C15H11N3/c1-10-6-7-11-13(8-10)16-9-18-14-5-3-2-4-12(14)17-15(11)18/h2-9H,1H3. The van der Waals surface area contributed by atoms with E-state index in [-0.39, 0.29) is 0 Å². The lowest BCUT2D eigenvalue weighted by atomic mass is 10.2. The monoisotopic (exact) mass is 233 g/mol. The Labute approximate surface area is 104 Å². The molecule has 0 unspecified atom stereocenters. The third kappa shape index (κ3) is 1.19. The van der Waals surface area contributed by atoms with Crippen LogP contribution in [0.4, 0.5) is 0 Å². The van der Waals surface area contributed by atoms with Crippen molar-refractivity contribution in [3.63, 3.8) is 0 Å². The summed E-state index contributed by atoms with van der Waals surface area (Å²) < 4.78 is 2.05. The van der Waals surface area contributed by atoms with Gasteiger partial charge in [-0.05, 0) is 36.8 Å². The first-order chi connectivity index (χ1) is 8.83. The molecule has 18 heavy (non-hydrogen) atoms. The summed E-state index contributed by atoms with van der Waals surface area (Å²) >= 11 is 0. The van der Waals surface area contributed by atoms with Gasteiger partial charge in [0, 0.05) is 5.39 Å². The Bertz CT molecular complexity index is 890. The summed E-state index contributed by atoms with van der Waals surface area (Å²) in [5.41, 5.74) is 5.30. The van der Waals surface area contributed by atoms with E-state index in [1.165, 1.54) is 5.56 Å². The molecule has 2 aromatic heterocycles. The lowest BCUT2D eigenvalue weighted by Crippen LogP contribution is -1.89. The molecule has 3 nitrogen and oxygen atoms in total. The quantitative estimate of drug-likeness (QED) is 0.466. The van der Waals surface area contributed by atoms with Crippen molar-refractivity contribution in [1.82, 2.24) is 14.4 Å². The van der Waals surface area contributed by atoms with Crippen molar-refractivity contribution in [3.8, 4) is 0 Å². The minimum Gasteiger partial charge on any atom is -0.282 e. The molecule has 0 N–H and O–H groups in total. The van der Waals surface area contributed by atoms with Gasteiger partial charge in [0.1, 0.15) is 12.0 Å². The van der Waals surface area contributed by atoms with E-state index in [0.717, 1.165) is 27.6 Å². The summed E-state index contributed by atoms with van der Waals surface area (Å²) in [6, 6.07) is 14.4. The first-order valence-corrected chi connectivity index (χ1v) is 5.95. The number of para-hydroxylation sites is 2. The maximum Gasteiger partial charge on any atom is 0.148 e. The fraction of sp³-hybridized carbons (Fsp3) is 0.0667. The predicted molar refractivity (Wildman–Crippen MR) is 72.7 cm³/mol. The van der Waals surface area contributed by atoms with E-state index in [1.54, 1.807) is 0 Å². The number of benzene rings is 2. The van der Waals surface area contributed by atoms with E-state index in [4.69, 9.17) is 4.98 Å². The zero-order chi connectivity index (χ0) is 12.1. The highest BCUT2D eigenvalue weighted by molar-refractivity contribution is 5.96. The Kier molecular flexibility index (Phi) is 1.75. The number of rotatable bonds is 0. The normalized spacial score (nSPS) is 11.6. The highest BCUT2D eigenvalue weighted by atomic mass is 15.0. The van der Waals surface area contributed by atoms with E-state index >= 15 is 0 Å². The van der Waals surface area contributed by atoms with Crippen LogP contribution in [0, 0.1) is 6.92 Å². The highest BCUT2D eigenvalue weighted by Crippen LogP contribution is 2.22. The molecule has 0 aliphatic carbocycles. The van der Waals surface area contributed by atoms with E-state index < -0.39 is 0 Å². The summed E-state index contributed by atoms with van der Waals surface area (Å²) in [6.45, 7) is 2.08. The minimum absolute atomic E-state index is 0.973. The second-order valence-electron chi connectivity index (χ2n) is 4.56. The van der Waals surface area contributed by atoms with Crippen molar-refractivity contribution < 1.29 is 0 Å². The third-order valence-corrected chi connectivity index (χ3v) is 3.30. The third-order valence-electron chi connectivity index (χ3n) is 3.30. The Hall–Kier alpha value is -2.42. The SMILES string of the molecule is Cc1ccc2c(c1)ncn1c3ccccc3nc21. The van der Waals surface area contributed by atoms with Crippen LogP contribution in [-0.2, 0) is 0 Å². The van der Waals surface area contributed by atoms with E-state index in [1.807, 2.05) is 28.9 Å². The molecule has 0 fully saturated rings. The molecule has 0 amide bonds. The average molecular weight is 233 g/mol. The van der Waals surface area contributed by atoms with E-state index in [9.17, 15) is 0 Å². The van der Waals surface area contributed by atoms with Crippen LogP contribution in [0.2, 0.25) is 0 Å². The first kappa shape index (κ1) is 9.59. The molecule has 4 rings (SSSR count). The van der Waals surface area contributed by atoms with Gasteiger partial charge in [0.05, 0.1) is 16.6 Å². The fourth-order valence-electron chi connectivity index (χ4n) is 2.41. The van der Waals surface area contributed by atoms with E-state index in [0.29, 0.717) is 0 Å². The van der Waals surface area contributed by atoms with Crippen LogP contribution < -0.4 is 0 Å². The molecule has 3 heteroatoms. The second kappa shape index (κ2) is 3.29. The lowest BCUT2D eigenvalue weighted by Gasteiger charge is -2.01. The Balaban J connectivity index is 2.28. The maximum atomic E-state index is 4.70. The van der Waals surface area contributed by atoms with Crippen molar-refractivity contribution in [1.29, 1.82) is 0 Å². The molecule has 0 atom stereocenters. The van der Waals surface area contributed by atoms with Crippen molar-refractivity contribution in [2.75, 3.05) is 0 Å². The van der Waals surface area contributed by atoms with Gasteiger partial charge in [0.15, 0.2) is 0 Å². The summed E-state index contributed by atoms with van der Waals surface area (Å²) in [7, 11) is 0. The molecule has 0 saturated heterocycles. The van der Waals surface area contributed by atoms with Crippen LogP contribution in [0.15, 0.2) is 48.8 Å². The number of imidazole rings is 1. The topological polar surface area (TPSA) is 30.2 Å². The minimum atomic E-state index is 0.973. The van der Waals surface area contributed by atoms with Gasteiger partial charge in [-0.3, -0.25) is 4.40 Å². The Morgan fingerprint density at radius 2 is 1.89 bits per heavy atom. The van der Waals surface area contributed by atoms with Gasteiger partial charge >= 0.3 is 0 Å². The van der Waals surface area contributed by atoms with Crippen molar-refractivity contribution >= 4 is 27.6 Å². The number of nitrogens with zero attached hydrogens (tertiary/aromatic N) is 3. The zero-order valence-corrected chi connectivity index (χ0v) is 9.96. The average Bonchev–Trinajstić information content (AvgIpc) is 2.77. The Morgan fingerprint density at radius 1 is 1.00 bits per heavy atom.